The van der Waals surface area contributed by atoms with Crippen LogP contribution in [-0.4, -0.2) is 35.2 Å². The summed E-state index contributed by atoms with van der Waals surface area (Å²) in [4.78, 5) is 3.09. The van der Waals surface area contributed by atoms with Crippen molar-refractivity contribution in [1.82, 2.24) is 4.90 Å². The Morgan fingerprint density at radius 1 is 0.481 bits per heavy atom. The molecule has 0 spiro atoms. The highest BCUT2D eigenvalue weighted by Crippen LogP contribution is 2.37. The number of rotatable bonds is 5. The van der Waals surface area contributed by atoms with E-state index in [1.807, 2.05) is 0 Å². The van der Waals surface area contributed by atoms with E-state index in [1.54, 1.807) is 0 Å². The van der Waals surface area contributed by atoms with Crippen molar-refractivity contribution < 1.29 is 4.74 Å². The Bertz CT molecular complexity index is 392. The SMILES string of the molecule is CC1CCC(OC2CCC(N(C3CCCCC3)C3CCCCC3)CC2)CC1. The Labute approximate surface area is 168 Å². The minimum Gasteiger partial charge on any atom is -0.375 e. The van der Waals surface area contributed by atoms with E-state index in [4.69, 9.17) is 4.74 Å². The van der Waals surface area contributed by atoms with E-state index in [1.165, 1.54) is 116 Å². The van der Waals surface area contributed by atoms with Gasteiger partial charge in [-0.1, -0.05) is 45.4 Å². The summed E-state index contributed by atoms with van der Waals surface area (Å²) in [5.41, 5.74) is 0. The Hall–Kier alpha value is -0.0800. The van der Waals surface area contributed by atoms with E-state index in [2.05, 4.69) is 11.8 Å². The highest BCUT2D eigenvalue weighted by Gasteiger charge is 2.36. The van der Waals surface area contributed by atoms with Gasteiger partial charge in [-0.2, -0.15) is 0 Å². The summed E-state index contributed by atoms with van der Waals surface area (Å²) in [5.74, 6) is 0.931. The van der Waals surface area contributed by atoms with Crippen LogP contribution in [0.3, 0.4) is 0 Å². The van der Waals surface area contributed by atoms with Gasteiger partial charge in [0.1, 0.15) is 0 Å². The molecule has 0 amide bonds. The normalized spacial score (nSPS) is 37.6. The zero-order valence-electron chi connectivity index (χ0n) is 18.0. The van der Waals surface area contributed by atoms with Crippen LogP contribution in [0.1, 0.15) is 122 Å². The molecule has 0 radical (unpaired) electrons. The molecule has 0 aliphatic heterocycles. The van der Waals surface area contributed by atoms with Crippen molar-refractivity contribution in [3.63, 3.8) is 0 Å². The zero-order valence-corrected chi connectivity index (χ0v) is 18.0. The molecule has 0 atom stereocenters. The van der Waals surface area contributed by atoms with E-state index < -0.39 is 0 Å². The largest absolute Gasteiger partial charge is 0.375 e. The maximum absolute atomic E-state index is 6.58. The highest BCUT2D eigenvalue weighted by molar-refractivity contribution is 4.91. The molecule has 0 aromatic rings. The van der Waals surface area contributed by atoms with Gasteiger partial charge in [0, 0.05) is 18.1 Å². The monoisotopic (exact) mass is 375 g/mol. The molecule has 156 valence electrons. The standard InChI is InChI=1S/C25H45NO/c1-20-12-16-24(17-13-20)27-25-18-14-23(15-19-25)26(21-8-4-2-5-9-21)22-10-6-3-7-11-22/h20-25H,2-19H2,1H3. The fraction of sp³-hybridized carbons (Fsp3) is 1.00. The molecule has 4 aliphatic carbocycles. The molecular weight excluding hydrogens is 330 g/mol. The molecule has 4 saturated carbocycles. The van der Waals surface area contributed by atoms with Crippen LogP contribution in [-0.2, 0) is 4.74 Å². The lowest BCUT2D eigenvalue weighted by Crippen LogP contribution is -2.52. The third kappa shape index (κ3) is 5.50. The Balaban J connectivity index is 1.30. The van der Waals surface area contributed by atoms with Gasteiger partial charge in [-0.15, -0.1) is 0 Å². The molecule has 27 heavy (non-hydrogen) atoms. The van der Waals surface area contributed by atoms with E-state index in [0.717, 1.165) is 24.0 Å². The molecular formula is C25H45NO. The number of nitrogens with zero attached hydrogens (tertiary/aromatic N) is 1. The molecule has 4 aliphatic rings. The van der Waals surface area contributed by atoms with Crippen LogP contribution in [0.5, 0.6) is 0 Å². The first-order valence-electron chi connectivity index (χ1n) is 12.7. The summed E-state index contributed by atoms with van der Waals surface area (Å²) >= 11 is 0. The molecule has 0 heterocycles. The van der Waals surface area contributed by atoms with Gasteiger partial charge < -0.3 is 4.74 Å². The van der Waals surface area contributed by atoms with Crippen LogP contribution in [0.15, 0.2) is 0 Å². The van der Waals surface area contributed by atoms with Crippen molar-refractivity contribution in [3.8, 4) is 0 Å². The van der Waals surface area contributed by atoms with Gasteiger partial charge >= 0.3 is 0 Å². The second kappa shape index (κ2) is 10.1. The van der Waals surface area contributed by atoms with Crippen LogP contribution in [0.2, 0.25) is 0 Å². The lowest BCUT2D eigenvalue weighted by atomic mass is 9.83. The van der Waals surface area contributed by atoms with Gasteiger partial charge in [0.15, 0.2) is 0 Å². The topological polar surface area (TPSA) is 12.5 Å². The summed E-state index contributed by atoms with van der Waals surface area (Å²) < 4.78 is 6.58. The van der Waals surface area contributed by atoms with Crippen LogP contribution >= 0.6 is 0 Å². The molecule has 0 aromatic carbocycles. The van der Waals surface area contributed by atoms with Crippen molar-refractivity contribution in [1.29, 1.82) is 0 Å². The van der Waals surface area contributed by atoms with Crippen LogP contribution < -0.4 is 0 Å². The van der Waals surface area contributed by atoms with Gasteiger partial charge in [0.05, 0.1) is 12.2 Å². The van der Waals surface area contributed by atoms with Gasteiger partial charge in [-0.05, 0) is 83.0 Å². The van der Waals surface area contributed by atoms with E-state index in [9.17, 15) is 0 Å². The molecule has 4 fully saturated rings. The first kappa shape index (κ1) is 20.2. The predicted octanol–water partition coefficient (Wildman–Crippen LogP) is 6.86. The lowest BCUT2D eigenvalue weighted by Gasteiger charge is -2.48. The quantitative estimate of drug-likeness (QED) is 0.520. The fourth-order valence-corrected chi connectivity index (χ4v) is 6.77. The summed E-state index contributed by atoms with van der Waals surface area (Å²) in [7, 11) is 0. The average molecular weight is 376 g/mol. The molecule has 2 nitrogen and oxygen atoms in total. The predicted molar refractivity (Wildman–Crippen MR) is 114 cm³/mol. The molecule has 0 saturated heterocycles. The van der Waals surface area contributed by atoms with Gasteiger partial charge in [0.25, 0.3) is 0 Å². The summed E-state index contributed by atoms with van der Waals surface area (Å²) in [5, 5.41) is 0. The van der Waals surface area contributed by atoms with Crippen molar-refractivity contribution in [2.24, 2.45) is 5.92 Å². The maximum atomic E-state index is 6.58. The van der Waals surface area contributed by atoms with Gasteiger partial charge in [-0.3, -0.25) is 4.90 Å². The molecule has 0 N–H and O–H groups in total. The summed E-state index contributed by atoms with van der Waals surface area (Å²) in [6.07, 6.45) is 26.8. The minimum absolute atomic E-state index is 0.569. The molecule has 2 heteroatoms. The molecule has 0 aromatic heterocycles. The van der Waals surface area contributed by atoms with E-state index in [0.29, 0.717) is 12.2 Å². The van der Waals surface area contributed by atoms with Crippen LogP contribution in [0, 0.1) is 5.92 Å². The summed E-state index contributed by atoms with van der Waals surface area (Å²) in [6.45, 7) is 2.41. The molecule has 4 rings (SSSR count). The number of hydrogen-bond acceptors (Lipinski definition) is 2. The third-order valence-electron chi connectivity index (χ3n) is 8.41. The Kier molecular flexibility index (Phi) is 7.56. The fourth-order valence-electron chi connectivity index (χ4n) is 6.77. The minimum atomic E-state index is 0.569. The molecule has 0 unspecified atom stereocenters. The average Bonchev–Trinajstić information content (AvgIpc) is 2.73. The Morgan fingerprint density at radius 2 is 0.889 bits per heavy atom. The van der Waals surface area contributed by atoms with Crippen molar-refractivity contribution >= 4 is 0 Å². The van der Waals surface area contributed by atoms with Crippen molar-refractivity contribution in [2.45, 2.75) is 153 Å². The van der Waals surface area contributed by atoms with Gasteiger partial charge in [0.2, 0.25) is 0 Å². The van der Waals surface area contributed by atoms with Gasteiger partial charge in [-0.25, -0.2) is 0 Å². The van der Waals surface area contributed by atoms with Crippen molar-refractivity contribution in [2.75, 3.05) is 0 Å². The van der Waals surface area contributed by atoms with Crippen molar-refractivity contribution in [3.05, 3.63) is 0 Å². The molecule has 0 bridgehead atoms. The second-order valence-electron chi connectivity index (χ2n) is 10.5. The third-order valence-corrected chi connectivity index (χ3v) is 8.41. The number of ether oxygens (including phenoxy) is 1. The number of hydrogen-bond donors (Lipinski definition) is 0. The Morgan fingerprint density at radius 3 is 1.37 bits per heavy atom. The second-order valence-corrected chi connectivity index (χ2v) is 10.5. The van der Waals surface area contributed by atoms with Crippen LogP contribution in [0.4, 0.5) is 0 Å². The zero-order chi connectivity index (χ0) is 18.5. The smallest absolute Gasteiger partial charge is 0.0580 e. The maximum Gasteiger partial charge on any atom is 0.0580 e. The summed E-state index contributed by atoms with van der Waals surface area (Å²) in [6, 6.07) is 2.68. The van der Waals surface area contributed by atoms with E-state index >= 15 is 0 Å². The highest BCUT2D eigenvalue weighted by atomic mass is 16.5. The van der Waals surface area contributed by atoms with Crippen LogP contribution in [0.25, 0.3) is 0 Å². The first-order valence-corrected chi connectivity index (χ1v) is 12.7. The van der Waals surface area contributed by atoms with E-state index in [-0.39, 0.29) is 0 Å². The lowest BCUT2D eigenvalue weighted by molar-refractivity contribution is -0.0686. The first-order chi connectivity index (χ1) is 13.3.